The molecule has 2 amide bonds. The van der Waals surface area contributed by atoms with Crippen LogP contribution in [0.25, 0.3) is 0 Å². The zero-order chi connectivity index (χ0) is 19.2. The Balaban J connectivity index is 2.47. The van der Waals surface area contributed by atoms with Crippen LogP contribution in [0.1, 0.15) is 84.5 Å². The van der Waals surface area contributed by atoms with Crippen LogP contribution in [0.5, 0.6) is 0 Å². The summed E-state index contributed by atoms with van der Waals surface area (Å²) >= 11 is 0. The van der Waals surface area contributed by atoms with Crippen LogP contribution in [0, 0.1) is 5.92 Å². The van der Waals surface area contributed by atoms with Crippen LogP contribution in [0.4, 0.5) is 0 Å². The maximum atomic E-state index is 12.2. The van der Waals surface area contributed by atoms with Gasteiger partial charge in [0.2, 0.25) is 11.8 Å². The molecule has 1 aliphatic heterocycles. The summed E-state index contributed by atoms with van der Waals surface area (Å²) in [6.45, 7) is 4.93. The summed E-state index contributed by atoms with van der Waals surface area (Å²) in [6.07, 6.45) is 9.44. The first-order valence-electron chi connectivity index (χ1n) is 10.2. The SMILES string of the molecule is CC(C)[C@@H]1NC(=O)CCCCCCCC(=O)NCCCCCCOC1=O. The van der Waals surface area contributed by atoms with Gasteiger partial charge in [0.25, 0.3) is 0 Å². The third kappa shape index (κ3) is 10.4. The van der Waals surface area contributed by atoms with Crippen molar-refractivity contribution in [3.63, 3.8) is 0 Å². The quantitative estimate of drug-likeness (QED) is 0.697. The van der Waals surface area contributed by atoms with Gasteiger partial charge >= 0.3 is 5.97 Å². The number of cyclic esters (lactones) is 1. The lowest BCUT2D eigenvalue weighted by atomic mass is 10.0. The van der Waals surface area contributed by atoms with Crippen molar-refractivity contribution in [3.05, 3.63) is 0 Å². The Kier molecular flexibility index (Phi) is 11.7. The molecule has 0 spiro atoms. The molecule has 1 fully saturated rings. The van der Waals surface area contributed by atoms with E-state index in [1.807, 2.05) is 13.8 Å². The van der Waals surface area contributed by atoms with Gasteiger partial charge in [-0.1, -0.05) is 39.5 Å². The molecule has 0 aromatic heterocycles. The van der Waals surface area contributed by atoms with Gasteiger partial charge < -0.3 is 15.4 Å². The average molecular weight is 369 g/mol. The maximum Gasteiger partial charge on any atom is 0.328 e. The molecular weight excluding hydrogens is 332 g/mol. The fraction of sp³-hybridized carbons (Fsp3) is 0.850. The first-order valence-corrected chi connectivity index (χ1v) is 10.2. The van der Waals surface area contributed by atoms with Gasteiger partial charge in [0, 0.05) is 19.4 Å². The third-order valence-corrected chi connectivity index (χ3v) is 4.68. The molecule has 1 heterocycles. The fourth-order valence-corrected chi connectivity index (χ4v) is 3.00. The minimum atomic E-state index is -0.566. The molecule has 150 valence electrons. The molecule has 6 nitrogen and oxygen atoms in total. The van der Waals surface area contributed by atoms with Crippen molar-refractivity contribution in [3.8, 4) is 0 Å². The normalized spacial score (nSPS) is 23.7. The highest BCUT2D eigenvalue weighted by atomic mass is 16.5. The van der Waals surface area contributed by atoms with E-state index in [1.54, 1.807) is 0 Å². The number of nitrogens with one attached hydrogen (secondary N) is 2. The van der Waals surface area contributed by atoms with Gasteiger partial charge in [0.1, 0.15) is 6.04 Å². The van der Waals surface area contributed by atoms with Gasteiger partial charge in [0.15, 0.2) is 0 Å². The standard InChI is InChI=1S/C20H36N2O4/c1-16(2)19-20(25)26-15-11-7-6-10-14-21-17(23)12-8-4-3-5-9-13-18(24)22-19/h16,19H,3-15H2,1-2H3,(H,21,23)(H,22,24)/t19-/m0/s1. The third-order valence-electron chi connectivity index (χ3n) is 4.68. The molecule has 6 heteroatoms. The number of carbonyl (C=O) groups is 3. The topological polar surface area (TPSA) is 84.5 Å². The smallest absolute Gasteiger partial charge is 0.328 e. The van der Waals surface area contributed by atoms with Crippen LogP contribution in [0.2, 0.25) is 0 Å². The van der Waals surface area contributed by atoms with Gasteiger partial charge in [-0.3, -0.25) is 9.59 Å². The van der Waals surface area contributed by atoms with E-state index in [4.69, 9.17) is 4.74 Å². The first kappa shape index (κ1) is 22.5. The number of ether oxygens (including phenoxy) is 1. The number of esters is 1. The second-order valence-corrected chi connectivity index (χ2v) is 7.49. The number of hydrogen-bond acceptors (Lipinski definition) is 4. The summed E-state index contributed by atoms with van der Waals surface area (Å²) in [5.74, 6) is -0.287. The van der Waals surface area contributed by atoms with E-state index in [0.717, 1.165) is 64.3 Å². The monoisotopic (exact) mass is 368 g/mol. The Morgan fingerprint density at radius 1 is 0.808 bits per heavy atom. The Morgan fingerprint density at radius 3 is 2.08 bits per heavy atom. The van der Waals surface area contributed by atoms with Crippen molar-refractivity contribution in [2.45, 2.75) is 90.5 Å². The van der Waals surface area contributed by atoms with E-state index in [0.29, 0.717) is 19.4 Å². The molecule has 0 aromatic carbocycles. The van der Waals surface area contributed by atoms with Crippen LogP contribution in [0.3, 0.4) is 0 Å². The summed E-state index contributed by atoms with van der Waals surface area (Å²) in [7, 11) is 0. The van der Waals surface area contributed by atoms with E-state index in [-0.39, 0.29) is 23.7 Å². The molecule has 0 aromatic rings. The Labute approximate surface area is 157 Å². The molecule has 0 bridgehead atoms. The van der Waals surface area contributed by atoms with Crippen LogP contribution in [-0.4, -0.2) is 37.0 Å². The number of hydrogen-bond donors (Lipinski definition) is 2. The summed E-state index contributed by atoms with van der Waals surface area (Å²) in [6, 6.07) is -0.566. The van der Waals surface area contributed by atoms with Gasteiger partial charge in [-0.2, -0.15) is 0 Å². The first-order chi connectivity index (χ1) is 12.5. The van der Waals surface area contributed by atoms with E-state index < -0.39 is 6.04 Å². The summed E-state index contributed by atoms with van der Waals surface area (Å²) < 4.78 is 5.34. The van der Waals surface area contributed by atoms with Crippen LogP contribution < -0.4 is 10.6 Å². The zero-order valence-corrected chi connectivity index (χ0v) is 16.5. The highest BCUT2D eigenvalue weighted by Crippen LogP contribution is 2.10. The molecule has 2 N–H and O–H groups in total. The summed E-state index contributed by atoms with van der Waals surface area (Å²) in [4.78, 5) is 36.0. The minimum absolute atomic E-state index is 0.00733. The van der Waals surface area contributed by atoms with Gasteiger partial charge in [-0.15, -0.1) is 0 Å². The summed E-state index contributed by atoms with van der Waals surface area (Å²) in [5.41, 5.74) is 0. The zero-order valence-electron chi connectivity index (χ0n) is 16.5. The predicted octanol–water partition coefficient (Wildman–Crippen LogP) is 3.09. The minimum Gasteiger partial charge on any atom is -0.464 e. The molecule has 26 heavy (non-hydrogen) atoms. The Hall–Kier alpha value is -1.59. The van der Waals surface area contributed by atoms with E-state index in [1.165, 1.54) is 0 Å². The highest BCUT2D eigenvalue weighted by Gasteiger charge is 2.25. The highest BCUT2D eigenvalue weighted by molar-refractivity contribution is 5.84. The van der Waals surface area contributed by atoms with Gasteiger partial charge in [-0.25, -0.2) is 4.79 Å². The molecule has 1 atom stereocenters. The Bertz CT molecular complexity index is 438. The molecule has 0 saturated carbocycles. The lowest BCUT2D eigenvalue weighted by Crippen LogP contribution is -2.45. The van der Waals surface area contributed by atoms with Crippen LogP contribution in [0.15, 0.2) is 0 Å². The van der Waals surface area contributed by atoms with Crippen LogP contribution >= 0.6 is 0 Å². The second kappa shape index (κ2) is 13.6. The lowest BCUT2D eigenvalue weighted by Gasteiger charge is -2.21. The maximum absolute atomic E-state index is 12.2. The molecule has 0 unspecified atom stereocenters. The lowest BCUT2D eigenvalue weighted by molar-refractivity contribution is -0.149. The van der Waals surface area contributed by atoms with Crippen molar-refractivity contribution in [1.82, 2.24) is 10.6 Å². The van der Waals surface area contributed by atoms with Crippen molar-refractivity contribution < 1.29 is 19.1 Å². The predicted molar refractivity (Wildman–Crippen MR) is 102 cm³/mol. The molecule has 0 aliphatic carbocycles. The summed E-state index contributed by atoms with van der Waals surface area (Å²) in [5, 5.41) is 5.79. The Morgan fingerprint density at radius 2 is 1.38 bits per heavy atom. The van der Waals surface area contributed by atoms with Crippen LogP contribution in [-0.2, 0) is 19.1 Å². The number of carbonyl (C=O) groups excluding carboxylic acids is 3. The van der Waals surface area contributed by atoms with Crippen molar-refractivity contribution >= 4 is 17.8 Å². The largest absolute Gasteiger partial charge is 0.464 e. The fourth-order valence-electron chi connectivity index (χ4n) is 3.00. The van der Waals surface area contributed by atoms with Crippen molar-refractivity contribution in [2.75, 3.05) is 13.2 Å². The molecule has 1 saturated heterocycles. The molecule has 0 radical (unpaired) electrons. The van der Waals surface area contributed by atoms with E-state index >= 15 is 0 Å². The van der Waals surface area contributed by atoms with E-state index in [9.17, 15) is 14.4 Å². The van der Waals surface area contributed by atoms with Crippen molar-refractivity contribution in [2.24, 2.45) is 5.92 Å². The number of amides is 2. The second-order valence-electron chi connectivity index (χ2n) is 7.49. The molecule has 1 rings (SSSR count). The average Bonchev–Trinajstić information content (AvgIpc) is 2.59. The van der Waals surface area contributed by atoms with Crippen molar-refractivity contribution in [1.29, 1.82) is 0 Å². The van der Waals surface area contributed by atoms with E-state index in [2.05, 4.69) is 10.6 Å². The molecular formula is C20H36N2O4. The van der Waals surface area contributed by atoms with Gasteiger partial charge in [0.05, 0.1) is 6.61 Å². The molecule has 1 aliphatic rings. The number of rotatable bonds is 1. The van der Waals surface area contributed by atoms with Gasteiger partial charge in [-0.05, 0) is 38.0 Å².